The number of nitrogens with zero attached hydrogens (tertiary/aromatic N) is 2. The van der Waals surface area contributed by atoms with Gasteiger partial charge in [0.15, 0.2) is 0 Å². The van der Waals surface area contributed by atoms with Gasteiger partial charge in [-0.3, -0.25) is 13.9 Å². The summed E-state index contributed by atoms with van der Waals surface area (Å²) in [4.78, 5) is 28.0. The molecule has 0 bridgehead atoms. The van der Waals surface area contributed by atoms with Gasteiger partial charge in [0, 0.05) is 25.6 Å². The molecule has 0 saturated carbocycles. The maximum Gasteiger partial charge on any atom is 0.416 e. The number of hydrogen-bond acceptors (Lipinski definition) is 4. The summed E-state index contributed by atoms with van der Waals surface area (Å²) in [6.07, 6.45) is -2.08. The maximum atomic E-state index is 13.4. The van der Waals surface area contributed by atoms with Gasteiger partial charge >= 0.3 is 6.18 Å². The van der Waals surface area contributed by atoms with Gasteiger partial charge in [-0.2, -0.15) is 13.2 Å². The summed E-state index contributed by atoms with van der Waals surface area (Å²) in [5.74, 6) is -0.579. The lowest BCUT2D eigenvalue weighted by atomic mass is 10.1. The van der Waals surface area contributed by atoms with Gasteiger partial charge in [-0.1, -0.05) is 50.2 Å². The van der Waals surface area contributed by atoms with Crippen molar-refractivity contribution < 1.29 is 31.2 Å². The molecule has 0 aliphatic rings. The molecule has 0 spiro atoms. The molecule has 0 fully saturated rings. The van der Waals surface area contributed by atoms with Crippen LogP contribution in [0.4, 0.5) is 18.9 Å². The quantitative estimate of drug-likeness (QED) is 0.346. The van der Waals surface area contributed by atoms with Crippen molar-refractivity contribution in [1.82, 2.24) is 10.2 Å². The first kappa shape index (κ1) is 32.1. The van der Waals surface area contributed by atoms with E-state index in [2.05, 4.69) is 5.32 Å². The molecule has 2 aromatic carbocycles. The number of alkyl halides is 3. The molecule has 0 unspecified atom stereocenters. The molecular weight excluding hydrogens is 531 g/mol. The molecule has 0 aliphatic carbocycles. The van der Waals surface area contributed by atoms with E-state index in [-0.39, 0.29) is 42.9 Å². The molecule has 7 nitrogen and oxygen atoms in total. The number of halogens is 3. The largest absolute Gasteiger partial charge is 0.416 e. The van der Waals surface area contributed by atoms with Gasteiger partial charge in [-0.15, -0.1) is 0 Å². The Hall–Kier alpha value is -3.08. The number of hydrogen-bond donors (Lipinski definition) is 1. The zero-order valence-electron chi connectivity index (χ0n) is 22.9. The molecule has 0 aromatic heterocycles. The lowest BCUT2D eigenvalue weighted by Crippen LogP contribution is -2.51. The van der Waals surface area contributed by atoms with Crippen molar-refractivity contribution in [1.29, 1.82) is 0 Å². The Balaban J connectivity index is 2.21. The van der Waals surface area contributed by atoms with Crippen LogP contribution in [0.2, 0.25) is 0 Å². The van der Waals surface area contributed by atoms with E-state index in [0.29, 0.717) is 19.4 Å². The van der Waals surface area contributed by atoms with Crippen LogP contribution in [0, 0.1) is 0 Å². The van der Waals surface area contributed by atoms with Crippen molar-refractivity contribution in [2.75, 3.05) is 23.7 Å². The Labute approximate surface area is 229 Å². The highest BCUT2D eigenvalue weighted by Gasteiger charge is 2.32. The summed E-state index contributed by atoms with van der Waals surface area (Å²) >= 11 is 0. The molecule has 39 heavy (non-hydrogen) atoms. The molecule has 0 heterocycles. The number of nitrogens with one attached hydrogen (secondary N) is 1. The smallest absolute Gasteiger partial charge is 0.352 e. The number of benzene rings is 2. The summed E-state index contributed by atoms with van der Waals surface area (Å²) in [5.41, 5.74) is -0.0877. The molecule has 2 amide bonds. The normalized spacial score (nSPS) is 13.4. The minimum atomic E-state index is -4.63. The second-order valence-electron chi connectivity index (χ2n) is 9.55. The highest BCUT2D eigenvalue weighted by atomic mass is 32.2. The first-order valence-corrected chi connectivity index (χ1v) is 14.9. The van der Waals surface area contributed by atoms with E-state index in [1.807, 2.05) is 51.1 Å². The van der Waals surface area contributed by atoms with Crippen molar-refractivity contribution in [2.45, 2.75) is 71.1 Å². The second kappa shape index (κ2) is 14.3. The van der Waals surface area contributed by atoms with Gasteiger partial charge in [-0.25, -0.2) is 8.42 Å². The van der Waals surface area contributed by atoms with E-state index in [4.69, 9.17) is 0 Å². The Bertz CT molecular complexity index is 1190. The maximum absolute atomic E-state index is 13.4. The fourth-order valence-corrected chi connectivity index (χ4v) is 5.14. The molecule has 0 saturated heterocycles. The second-order valence-corrected chi connectivity index (χ2v) is 11.5. The monoisotopic (exact) mass is 569 g/mol. The first-order chi connectivity index (χ1) is 18.3. The molecule has 2 rings (SSSR count). The van der Waals surface area contributed by atoms with Crippen LogP contribution in [0.15, 0.2) is 54.6 Å². The summed E-state index contributed by atoms with van der Waals surface area (Å²) < 4.78 is 65.3. The van der Waals surface area contributed by atoms with E-state index < -0.39 is 27.8 Å². The van der Waals surface area contributed by atoms with Gasteiger partial charge in [0.1, 0.15) is 6.04 Å². The highest BCUT2D eigenvalue weighted by Crippen LogP contribution is 2.32. The molecule has 2 atom stereocenters. The van der Waals surface area contributed by atoms with Crippen LogP contribution < -0.4 is 9.62 Å². The van der Waals surface area contributed by atoms with Gasteiger partial charge in [0.05, 0.1) is 17.5 Å². The van der Waals surface area contributed by atoms with Crippen LogP contribution in [0.5, 0.6) is 0 Å². The zero-order chi connectivity index (χ0) is 29.2. The molecule has 216 valence electrons. The number of carbonyl (C=O) groups excluding carboxylic acids is 2. The van der Waals surface area contributed by atoms with E-state index in [1.165, 1.54) is 11.0 Å². The standard InChI is InChI=1S/C28H38F3N3O4S/c1-5-21(3)32-27(36)25(6-2)33(19-17-22-12-8-7-9-13-22)26(35)16-11-18-34(39(4,37)38)24-15-10-14-23(20-24)28(29,30)31/h7-10,12-15,20-21,25H,5-6,11,16-19H2,1-4H3,(H,32,36)/t21-,25+/m0/s1. The van der Waals surface area contributed by atoms with Crippen molar-refractivity contribution in [3.8, 4) is 0 Å². The summed E-state index contributed by atoms with van der Waals surface area (Å²) in [6.45, 7) is 5.76. The van der Waals surface area contributed by atoms with Crippen LogP contribution in [-0.4, -0.2) is 56.6 Å². The third kappa shape index (κ3) is 9.87. The van der Waals surface area contributed by atoms with Crippen molar-refractivity contribution in [3.63, 3.8) is 0 Å². The average molecular weight is 570 g/mol. The number of sulfonamides is 1. The fourth-order valence-electron chi connectivity index (χ4n) is 4.18. The molecular formula is C28H38F3N3O4S. The zero-order valence-corrected chi connectivity index (χ0v) is 23.7. The molecule has 0 aliphatic heterocycles. The van der Waals surface area contributed by atoms with E-state index in [1.54, 1.807) is 0 Å². The van der Waals surface area contributed by atoms with Gasteiger partial charge in [-0.05, 0) is 56.4 Å². The third-order valence-corrected chi connectivity index (χ3v) is 7.68. The Morgan fingerprint density at radius 2 is 1.64 bits per heavy atom. The van der Waals surface area contributed by atoms with Crippen LogP contribution in [-0.2, 0) is 32.2 Å². The fraction of sp³-hybridized carbons (Fsp3) is 0.500. The third-order valence-electron chi connectivity index (χ3n) is 6.48. The Kier molecular flexibility index (Phi) is 11.8. The van der Waals surface area contributed by atoms with Crippen LogP contribution in [0.1, 0.15) is 57.6 Å². The topological polar surface area (TPSA) is 86.8 Å². The molecule has 1 N–H and O–H groups in total. The lowest BCUT2D eigenvalue weighted by molar-refractivity contribution is -0.141. The van der Waals surface area contributed by atoms with Gasteiger partial charge in [0.2, 0.25) is 21.8 Å². The van der Waals surface area contributed by atoms with Gasteiger partial charge in [0.25, 0.3) is 0 Å². The number of amides is 2. The molecule has 2 aromatic rings. The Morgan fingerprint density at radius 3 is 2.21 bits per heavy atom. The molecule has 11 heteroatoms. The average Bonchev–Trinajstić information content (AvgIpc) is 2.88. The molecule has 0 radical (unpaired) electrons. The summed E-state index contributed by atoms with van der Waals surface area (Å²) in [7, 11) is -3.92. The number of rotatable bonds is 14. The number of anilines is 1. The van der Waals surface area contributed by atoms with Crippen LogP contribution in [0.25, 0.3) is 0 Å². The number of carbonyl (C=O) groups is 2. The van der Waals surface area contributed by atoms with Crippen molar-refractivity contribution in [2.24, 2.45) is 0 Å². The minimum absolute atomic E-state index is 0.0617. The minimum Gasteiger partial charge on any atom is -0.352 e. The SMILES string of the molecule is CC[C@H](C(=O)N[C@@H](C)CC)N(CCc1ccccc1)C(=O)CCCN(c1cccc(C(F)(F)F)c1)S(C)(=O)=O. The lowest BCUT2D eigenvalue weighted by Gasteiger charge is -2.32. The van der Waals surface area contributed by atoms with Crippen LogP contribution >= 0.6 is 0 Å². The Morgan fingerprint density at radius 1 is 0.974 bits per heavy atom. The van der Waals surface area contributed by atoms with E-state index in [0.717, 1.165) is 40.7 Å². The first-order valence-electron chi connectivity index (χ1n) is 13.1. The highest BCUT2D eigenvalue weighted by molar-refractivity contribution is 7.92. The van der Waals surface area contributed by atoms with Gasteiger partial charge < -0.3 is 10.2 Å². The van der Waals surface area contributed by atoms with Crippen molar-refractivity contribution in [3.05, 3.63) is 65.7 Å². The summed E-state index contributed by atoms with van der Waals surface area (Å²) in [5, 5.41) is 2.93. The van der Waals surface area contributed by atoms with Crippen molar-refractivity contribution >= 4 is 27.5 Å². The predicted molar refractivity (Wildman–Crippen MR) is 147 cm³/mol. The van der Waals surface area contributed by atoms with E-state index in [9.17, 15) is 31.2 Å². The summed E-state index contributed by atoms with van der Waals surface area (Å²) in [6, 6.07) is 12.9. The van der Waals surface area contributed by atoms with Crippen LogP contribution in [0.3, 0.4) is 0 Å². The predicted octanol–water partition coefficient (Wildman–Crippen LogP) is 5.02. The van der Waals surface area contributed by atoms with E-state index >= 15 is 0 Å².